The van der Waals surface area contributed by atoms with Crippen LogP contribution in [0, 0.1) is 0 Å². The van der Waals surface area contributed by atoms with Crippen molar-refractivity contribution in [3.05, 3.63) is 0 Å². The molecule has 0 saturated heterocycles. The number of carbonyl (C=O) groups excluding carboxylic acids is 2. The quantitative estimate of drug-likeness (QED) is 0.0937. The lowest BCUT2D eigenvalue weighted by Crippen LogP contribution is -3.00. The third kappa shape index (κ3) is 21.3. The van der Waals surface area contributed by atoms with Crippen LogP contribution < -0.4 is 30.1 Å². The molecule has 0 aliphatic rings. The highest BCUT2D eigenvalue weighted by Crippen LogP contribution is 2.09. The number of carbonyl (C=O) groups is 2. The standard InChI is InChI=1S/C17H38N3O2.C2H6O4S.2ClH/c1-7-20(6,12-8-10-18(2,3)14-16-21)13-9-11-19(4,5)15-17-22;1-2-7(4,5)6-3;;/h16-17H,7-15H2,1-6H3;3H,2H2,1H3;2*1H/q+3;;;/p-3. The first-order chi connectivity index (χ1) is 13.2. The van der Waals surface area contributed by atoms with Crippen molar-refractivity contribution in [2.45, 2.75) is 26.7 Å². The summed E-state index contributed by atoms with van der Waals surface area (Å²) in [6.45, 7) is 10.3. The maximum Gasteiger partial charge on any atom is 0.258 e. The lowest BCUT2D eigenvalue weighted by Gasteiger charge is -2.36. The van der Waals surface area contributed by atoms with Gasteiger partial charge in [0.25, 0.3) is 10.1 Å². The zero-order valence-electron chi connectivity index (χ0n) is 20.2. The number of likely N-dealkylation sites (N-methyl/N-ethyl adjacent to an activating group) is 2. The molecule has 0 radical (unpaired) electrons. The summed E-state index contributed by atoms with van der Waals surface area (Å²) in [5.41, 5.74) is 0. The summed E-state index contributed by atoms with van der Waals surface area (Å²) < 4.78 is 25.1. The van der Waals surface area contributed by atoms with Gasteiger partial charge >= 0.3 is 0 Å². The number of rotatable bonds is 15. The molecular formula is C19H43Cl2N3O6S. The van der Waals surface area contributed by atoms with Gasteiger partial charge in [0.05, 0.1) is 73.7 Å². The second-order valence-corrected chi connectivity index (χ2v) is 10.9. The van der Waals surface area contributed by atoms with E-state index in [1.165, 1.54) is 6.92 Å². The van der Waals surface area contributed by atoms with Crippen molar-refractivity contribution >= 4 is 22.7 Å². The van der Waals surface area contributed by atoms with Crippen molar-refractivity contribution < 1.29 is 65.9 Å². The van der Waals surface area contributed by atoms with Gasteiger partial charge in [0.2, 0.25) is 0 Å². The maximum atomic E-state index is 10.7. The van der Waals surface area contributed by atoms with E-state index in [0.717, 1.165) is 71.6 Å². The molecule has 0 unspecified atom stereocenters. The van der Waals surface area contributed by atoms with Crippen molar-refractivity contribution in [1.29, 1.82) is 0 Å². The molecule has 0 aromatic carbocycles. The second-order valence-electron chi connectivity index (χ2n) is 9.02. The van der Waals surface area contributed by atoms with Crippen LogP contribution in [0.4, 0.5) is 0 Å². The lowest BCUT2D eigenvalue weighted by molar-refractivity contribution is -0.924. The number of nitrogens with zero attached hydrogens (tertiary/aromatic N) is 3. The molecule has 0 aliphatic heterocycles. The minimum Gasteiger partial charge on any atom is -1.00 e. The van der Waals surface area contributed by atoms with Crippen LogP contribution in [-0.2, 0) is 24.0 Å². The molecule has 0 rings (SSSR count). The van der Waals surface area contributed by atoms with E-state index in [1.807, 2.05) is 0 Å². The molecule has 0 aromatic heterocycles. The van der Waals surface area contributed by atoms with Crippen LogP contribution in [0.3, 0.4) is 0 Å². The molecular weight excluding hydrogens is 469 g/mol. The Hall–Kier alpha value is -0.330. The van der Waals surface area contributed by atoms with Gasteiger partial charge in [-0.1, -0.05) is 0 Å². The highest BCUT2D eigenvalue weighted by Gasteiger charge is 2.23. The topological polar surface area (TPSA) is 101 Å². The first-order valence-electron chi connectivity index (χ1n) is 10.1. The Kier molecular flexibility index (Phi) is 22.2. The van der Waals surface area contributed by atoms with Gasteiger partial charge in [0.15, 0.2) is 12.6 Å². The monoisotopic (exact) mass is 511 g/mol. The van der Waals surface area contributed by atoms with E-state index in [1.54, 1.807) is 0 Å². The fourth-order valence-electron chi connectivity index (χ4n) is 2.82. The molecule has 0 heterocycles. The van der Waals surface area contributed by atoms with Crippen molar-refractivity contribution in [2.24, 2.45) is 0 Å². The number of quaternary nitrogens is 3. The normalized spacial score (nSPS) is 12.0. The number of halogens is 2. The number of hydrogen-bond acceptors (Lipinski definition) is 6. The smallest absolute Gasteiger partial charge is 0.258 e. The molecule has 31 heavy (non-hydrogen) atoms. The Labute approximate surface area is 202 Å². The molecule has 0 amide bonds. The average molecular weight is 513 g/mol. The van der Waals surface area contributed by atoms with Crippen molar-refractivity contribution in [1.82, 2.24) is 0 Å². The zero-order valence-corrected chi connectivity index (χ0v) is 22.5. The van der Waals surface area contributed by atoms with Crippen LogP contribution in [0.15, 0.2) is 0 Å². The van der Waals surface area contributed by atoms with E-state index in [0.29, 0.717) is 13.1 Å². The Balaban J connectivity index is -0.000000349. The number of aldehydes is 2. The van der Waals surface area contributed by atoms with Crippen molar-refractivity contribution in [3.8, 4) is 0 Å². The summed E-state index contributed by atoms with van der Waals surface area (Å²) in [6.07, 6.45) is 4.30. The molecule has 0 atom stereocenters. The summed E-state index contributed by atoms with van der Waals surface area (Å²) in [5, 5.41) is 9.09. The van der Waals surface area contributed by atoms with Crippen LogP contribution in [0.5, 0.6) is 0 Å². The van der Waals surface area contributed by atoms with E-state index < -0.39 is 10.1 Å². The second kappa shape index (κ2) is 18.1. The molecule has 0 bridgehead atoms. The summed E-state index contributed by atoms with van der Waals surface area (Å²) in [6, 6.07) is 0. The highest BCUT2D eigenvalue weighted by molar-refractivity contribution is 7.86. The van der Waals surface area contributed by atoms with E-state index in [4.69, 9.17) is 5.26 Å². The SMILES string of the molecule is CCS(=O)(=O)O[O-].CC[N+](C)(CCC[N+](C)(C)CC=O)CCC[N+](C)(C)CC=O.[Cl-].[Cl-]. The van der Waals surface area contributed by atoms with Gasteiger partial charge in [-0.05, 0) is 13.8 Å². The first-order valence-corrected chi connectivity index (χ1v) is 11.7. The fraction of sp³-hybridized carbons (Fsp3) is 0.895. The Morgan fingerprint density at radius 2 is 1.13 bits per heavy atom. The number of hydrogen-bond donors (Lipinski definition) is 0. The molecule has 0 spiro atoms. The predicted octanol–water partition coefficient (Wildman–Crippen LogP) is -6.58. The Morgan fingerprint density at radius 1 is 0.774 bits per heavy atom. The molecule has 0 fully saturated rings. The average Bonchev–Trinajstić information content (AvgIpc) is 2.61. The van der Waals surface area contributed by atoms with Gasteiger partial charge in [0, 0.05) is 12.8 Å². The molecule has 190 valence electrons. The predicted molar refractivity (Wildman–Crippen MR) is 112 cm³/mol. The molecule has 12 heteroatoms. The molecule has 9 nitrogen and oxygen atoms in total. The zero-order chi connectivity index (χ0) is 23.2. The third-order valence-corrected chi connectivity index (χ3v) is 6.20. The molecule has 0 aliphatic carbocycles. The van der Waals surface area contributed by atoms with Gasteiger partial charge in [-0.3, -0.25) is 9.59 Å². The summed E-state index contributed by atoms with van der Waals surface area (Å²) in [5.74, 6) is -0.267. The summed E-state index contributed by atoms with van der Waals surface area (Å²) in [7, 11) is 7.07. The van der Waals surface area contributed by atoms with E-state index in [9.17, 15) is 18.0 Å². The van der Waals surface area contributed by atoms with E-state index in [2.05, 4.69) is 46.5 Å². The van der Waals surface area contributed by atoms with Gasteiger partial charge in [-0.15, -0.1) is 0 Å². The maximum absolute atomic E-state index is 10.7. The van der Waals surface area contributed by atoms with E-state index in [-0.39, 0.29) is 30.6 Å². The van der Waals surface area contributed by atoms with Crippen LogP contribution in [0.1, 0.15) is 26.7 Å². The van der Waals surface area contributed by atoms with Crippen LogP contribution in [0.25, 0.3) is 0 Å². The molecule has 0 saturated carbocycles. The van der Waals surface area contributed by atoms with Gasteiger partial charge in [0.1, 0.15) is 13.1 Å². The summed E-state index contributed by atoms with van der Waals surface area (Å²) in [4.78, 5) is 21.4. The minimum atomic E-state index is -3.71. The molecule has 0 aromatic rings. The Morgan fingerprint density at radius 3 is 1.32 bits per heavy atom. The van der Waals surface area contributed by atoms with Crippen LogP contribution in [-0.4, -0.2) is 121 Å². The summed E-state index contributed by atoms with van der Waals surface area (Å²) >= 11 is 0. The van der Waals surface area contributed by atoms with Gasteiger partial charge in [-0.25, -0.2) is 8.42 Å². The van der Waals surface area contributed by atoms with Gasteiger partial charge in [-0.2, -0.15) is 0 Å². The van der Waals surface area contributed by atoms with Crippen molar-refractivity contribution in [3.63, 3.8) is 0 Å². The molecule has 0 N–H and O–H groups in total. The van der Waals surface area contributed by atoms with Gasteiger partial charge < -0.3 is 47.9 Å². The third-order valence-electron chi connectivity index (χ3n) is 5.28. The lowest BCUT2D eigenvalue weighted by atomic mass is 10.2. The fourth-order valence-corrected chi connectivity index (χ4v) is 2.92. The Bertz CT molecular complexity index is 537. The van der Waals surface area contributed by atoms with Crippen LogP contribution in [0.2, 0.25) is 0 Å². The van der Waals surface area contributed by atoms with Crippen molar-refractivity contribution in [2.75, 3.05) is 86.8 Å². The highest BCUT2D eigenvalue weighted by atomic mass is 35.5. The first kappa shape index (κ1) is 38.0. The van der Waals surface area contributed by atoms with Crippen LogP contribution >= 0.6 is 0 Å². The minimum absolute atomic E-state index is 0. The largest absolute Gasteiger partial charge is 1.00 e. The van der Waals surface area contributed by atoms with E-state index >= 15 is 0 Å².